The van der Waals surface area contributed by atoms with Gasteiger partial charge in [0.1, 0.15) is 0 Å². The van der Waals surface area contributed by atoms with Crippen molar-refractivity contribution in [3.8, 4) is 22.3 Å². The Morgan fingerprint density at radius 3 is 2.30 bits per heavy atom. The van der Waals surface area contributed by atoms with E-state index in [1.807, 2.05) is 6.07 Å². The van der Waals surface area contributed by atoms with Crippen LogP contribution in [0.2, 0.25) is 0 Å². The van der Waals surface area contributed by atoms with Gasteiger partial charge in [-0.3, -0.25) is 0 Å². The molecule has 37 heavy (non-hydrogen) atoms. The Morgan fingerprint density at radius 1 is 0.838 bits per heavy atom. The van der Waals surface area contributed by atoms with Gasteiger partial charge in [-0.2, -0.15) is 35.5 Å². The van der Waals surface area contributed by atoms with Crippen LogP contribution in [0.25, 0.3) is 33.0 Å². The summed E-state index contributed by atoms with van der Waals surface area (Å²) in [5.41, 5.74) is 9.74. The molecule has 6 rings (SSSR count). The van der Waals surface area contributed by atoms with Crippen molar-refractivity contribution >= 4 is 47.7 Å². The van der Waals surface area contributed by atoms with E-state index in [4.69, 9.17) is 17.0 Å². The van der Waals surface area contributed by atoms with Gasteiger partial charge in [0.25, 0.3) is 0 Å². The van der Waals surface area contributed by atoms with Gasteiger partial charge in [-0.1, -0.05) is 90.2 Å². The fourth-order valence-electron chi connectivity index (χ4n) is 4.92. The standard InChI is InChI=1S/C21H23.C12H7Si.2ClH.Zr/c1-4-5-9-17-13-18-12-11-16(3)21(20(18)14-17)19-10-7-6-8-15(19)2;1-3-7-11-9(5-1)10-6-2-4-8-12(10)13-11;;;/h6-8,10-14H,4-5,9H2,1-3H3;1-7H;2*1H;/q2*-1;;;+4/p-2. The number of halogens is 2. The molecule has 0 fully saturated rings. The first-order valence-corrected chi connectivity index (χ1v) is 20.0. The Bertz CT molecular complexity index is 1430. The second kappa shape index (κ2) is 13.8. The third-order valence-electron chi connectivity index (χ3n) is 6.72. The van der Waals surface area contributed by atoms with Crippen molar-refractivity contribution in [2.45, 2.75) is 40.0 Å². The summed E-state index contributed by atoms with van der Waals surface area (Å²) in [4.78, 5) is 0. The molecular weight excluding hydrogens is 587 g/mol. The average molecular weight is 617 g/mol. The summed E-state index contributed by atoms with van der Waals surface area (Å²) in [6, 6.07) is 36.2. The Hall–Kier alpha value is -1.83. The van der Waals surface area contributed by atoms with Crippen molar-refractivity contribution in [2.75, 3.05) is 0 Å². The van der Waals surface area contributed by atoms with Crippen LogP contribution in [-0.4, -0.2) is 9.52 Å². The number of hydrogen-bond donors (Lipinski definition) is 0. The summed E-state index contributed by atoms with van der Waals surface area (Å²) < 4.78 is 0. The number of unbranched alkanes of at least 4 members (excludes halogenated alkanes) is 1. The first-order valence-electron chi connectivity index (χ1n) is 12.7. The van der Waals surface area contributed by atoms with Crippen LogP contribution in [0.15, 0.2) is 91.0 Å². The average Bonchev–Trinajstić information content (AvgIpc) is 3.50. The summed E-state index contributed by atoms with van der Waals surface area (Å²) in [5.74, 6) is 0. The van der Waals surface area contributed by atoms with E-state index in [1.54, 1.807) is 0 Å². The molecule has 1 aliphatic rings. The molecule has 4 heteroatoms. The van der Waals surface area contributed by atoms with Crippen LogP contribution < -0.4 is 10.4 Å². The monoisotopic (exact) mass is 614 g/mol. The van der Waals surface area contributed by atoms with E-state index in [0.29, 0.717) is 0 Å². The zero-order chi connectivity index (χ0) is 26.2. The number of aryl methyl sites for hydroxylation is 3. The molecular formula is C33H30Cl2SiZr. The number of fused-ring (bicyclic) bond motifs is 4. The van der Waals surface area contributed by atoms with Gasteiger partial charge in [0, 0.05) is 0 Å². The molecule has 0 N–H and O–H groups in total. The summed E-state index contributed by atoms with van der Waals surface area (Å²) in [5, 5.41) is 5.61. The molecule has 1 aliphatic heterocycles. The molecule has 0 amide bonds. The van der Waals surface area contributed by atoms with Crippen LogP contribution >= 0.6 is 17.0 Å². The Morgan fingerprint density at radius 2 is 1.54 bits per heavy atom. The second-order valence-electron chi connectivity index (χ2n) is 9.24. The predicted octanol–water partition coefficient (Wildman–Crippen LogP) is 8.68. The predicted molar refractivity (Wildman–Crippen MR) is 161 cm³/mol. The molecule has 0 bridgehead atoms. The van der Waals surface area contributed by atoms with E-state index in [2.05, 4.69) is 112 Å². The second-order valence-corrected chi connectivity index (χ2v) is 14.3. The van der Waals surface area contributed by atoms with Crippen LogP contribution in [0.3, 0.4) is 0 Å². The fourth-order valence-corrected chi connectivity index (χ4v) is 6.23. The van der Waals surface area contributed by atoms with Gasteiger partial charge in [0.15, 0.2) is 0 Å². The van der Waals surface area contributed by atoms with Crippen molar-refractivity contribution < 1.29 is 20.8 Å². The molecule has 0 spiro atoms. The van der Waals surface area contributed by atoms with Crippen molar-refractivity contribution in [3.63, 3.8) is 0 Å². The first-order chi connectivity index (χ1) is 18.1. The summed E-state index contributed by atoms with van der Waals surface area (Å²) in [7, 11) is 10.7. The molecule has 1 heterocycles. The minimum absolute atomic E-state index is 0.795. The van der Waals surface area contributed by atoms with Crippen LogP contribution in [0, 0.1) is 19.9 Å². The SMILES string of the molecule is CCCCc1cc2c(-c3ccccc3C)c(C)ccc2[cH-]1.[Cl][Zr+2][Cl].[c-]1cccc2c1[Si]c1ccccc1-2. The largest absolute Gasteiger partial charge is 0.184 e. The number of rotatable bonds is 4. The number of benzene rings is 4. The van der Waals surface area contributed by atoms with Gasteiger partial charge in [-0.15, -0.1) is 40.1 Å². The van der Waals surface area contributed by atoms with E-state index >= 15 is 0 Å². The maximum absolute atomic E-state index is 4.93. The first kappa shape index (κ1) is 28.2. The van der Waals surface area contributed by atoms with Gasteiger partial charge in [0.2, 0.25) is 0 Å². The molecule has 2 radical (unpaired) electrons. The van der Waals surface area contributed by atoms with Crippen molar-refractivity contribution in [3.05, 3.63) is 114 Å². The Balaban J connectivity index is 0.000000170. The van der Waals surface area contributed by atoms with Crippen LogP contribution in [-0.2, 0) is 27.3 Å². The van der Waals surface area contributed by atoms with E-state index in [-0.39, 0.29) is 0 Å². The maximum Gasteiger partial charge on any atom is 0.0920 e. The smallest absolute Gasteiger partial charge is 0.0920 e. The summed E-state index contributed by atoms with van der Waals surface area (Å²) >= 11 is -0.826. The summed E-state index contributed by atoms with van der Waals surface area (Å²) in [6.45, 7) is 6.68. The number of hydrogen-bond acceptors (Lipinski definition) is 0. The Kier molecular flexibility index (Phi) is 10.5. The molecule has 5 aromatic carbocycles. The molecule has 0 unspecified atom stereocenters. The third-order valence-corrected chi connectivity index (χ3v) is 8.09. The van der Waals surface area contributed by atoms with Crippen LogP contribution in [0.4, 0.5) is 0 Å². The van der Waals surface area contributed by atoms with Crippen molar-refractivity contribution in [1.29, 1.82) is 0 Å². The minimum atomic E-state index is -0.826. The molecule has 5 aromatic rings. The summed E-state index contributed by atoms with van der Waals surface area (Å²) in [6.07, 6.45) is 3.72. The zero-order valence-electron chi connectivity index (χ0n) is 21.5. The third kappa shape index (κ3) is 6.79. The molecule has 0 aromatic heterocycles. The molecule has 0 atom stereocenters. The molecule has 0 saturated heterocycles. The van der Waals surface area contributed by atoms with E-state index in [0.717, 1.165) is 9.52 Å². The van der Waals surface area contributed by atoms with Gasteiger partial charge in [-0.05, 0) is 31.4 Å². The molecule has 0 nitrogen and oxygen atoms in total. The van der Waals surface area contributed by atoms with Crippen molar-refractivity contribution in [1.82, 2.24) is 0 Å². The molecule has 184 valence electrons. The fraction of sp³-hybridized carbons (Fsp3) is 0.182. The minimum Gasteiger partial charge on any atom is -0.184 e. The quantitative estimate of drug-likeness (QED) is 0.137. The van der Waals surface area contributed by atoms with Gasteiger partial charge in [0.05, 0.1) is 9.52 Å². The maximum atomic E-state index is 4.93. The van der Waals surface area contributed by atoms with Crippen LogP contribution in [0.5, 0.6) is 0 Å². The zero-order valence-corrected chi connectivity index (χ0v) is 26.5. The normalized spacial score (nSPS) is 10.9. The van der Waals surface area contributed by atoms with Crippen molar-refractivity contribution in [2.24, 2.45) is 0 Å². The topological polar surface area (TPSA) is 0 Å². The van der Waals surface area contributed by atoms with E-state index in [9.17, 15) is 0 Å². The van der Waals surface area contributed by atoms with Gasteiger partial charge < -0.3 is 0 Å². The molecule has 0 aliphatic carbocycles. The Labute approximate surface area is 242 Å². The van der Waals surface area contributed by atoms with E-state index in [1.165, 1.54) is 79.4 Å². The van der Waals surface area contributed by atoms with E-state index < -0.39 is 20.8 Å². The molecule has 0 saturated carbocycles. The van der Waals surface area contributed by atoms with Gasteiger partial charge >= 0.3 is 37.9 Å². The van der Waals surface area contributed by atoms with Gasteiger partial charge in [-0.25, -0.2) is 0 Å². The van der Waals surface area contributed by atoms with Crippen LogP contribution in [0.1, 0.15) is 36.5 Å².